The van der Waals surface area contributed by atoms with Gasteiger partial charge in [-0.25, -0.2) is 4.21 Å². The Balaban J connectivity index is 3.33. The highest BCUT2D eigenvalue weighted by Crippen LogP contribution is 2.22. The number of hydrogen-bond acceptors (Lipinski definition) is 2. The molecule has 1 aromatic carbocycles. The van der Waals surface area contributed by atoms with Crippen molar-refractivity contribution in [2.75, 3.05) is 0 Å². The molecule has 2 N–H and O–H groups in total. The number of phenols is 1. The lowest BCUT2D eigenvalue weighted by Crippen LogP contribution is -1.93. The fraction of sp³-hybridized carbons (Fsp3) is 0.250. The third-order valence-electron chi connectivity index (χ3n) is 1.68. The minimum Gasteiger partial charge on any atom is -0.508 e. The predicted octanol–water partition coefficient (Wildman–Crippen LogP) is 1.59. The van der Waals surface area contributed by atoms with Crippen molar-refractivity contribution < 1.29 is 13.9 Å². The summed E-state index contributed by atoms with van der Waals surface area (Å²) in [5.74, 6) is 0.154. The van der Waals surface area contributed by atoms with E-state index in [1.54, 1.807) is 13.8 Å². The van der Waals surface area contributed by atoms with Crippen LogP contribution in [0.25, 0.3) is 0 Å². The Hall–Kier alpha value is -0.870. The molecule has 1 unspecified atom stereocenters. The maximum atomic E-state index is 10.7. The van der Waals surface area contributed by atoms with E-state index in [9.17, 15) is 9.32 Å². The van der Waals surface area contributed by atoms with E-state index in [0.29, 0.717) is 16.0 Å². The van der Waals surface area contributed by atoms with Crippen LogP contribution in [0.5, 0.6) is 5.75 Å². The second kappa shape index (κ2) is 3.25. The molecule has 4 heteroatoms. The Morgan fingerprint density at radius 1 is 1.25 bits per heavy atom. The molecule has 1 rings (SSSR count). The molecular weight excluding hydrogens is 176 g/mol. The van der Waals surface area contributed by atoms with Gasteiger partial charge in [0.1, 0.15) is 5.75 Å². The van der Waals surface area contributed by atoms with E-state index in [1.807, 2.05) is 0 Å². The Labute approximate surface area is 73.3 Å². The van der Waals surface area contributed by atoms with Crippen LogP contribution in [-0.4, -0.2) is 13.9 Å². The number of benzene rings is 1. The van der Waals surface area contributed by atoms with E-state index < -0.39 is 11.1 Å². The van der Waals surface area contributed by atoms with Gasteiger partial charge in [-0.3, -0.25) is 0 Å². The molecule has 0 aromatic heterocycles. The fourth-order valence-electron chi connectivity index (χ4n) is 0.963. The molecule has 0 heterocycles. The van der Waals surface area contributed by atoms with Crippen molar-refractivity contribution in [1.29, 1.82) is 0 Å². The molecule has 66 valence electrons. The van der Waals surface area contributed by atoms with E-state index >= 15 is 0 Å². The van der Waals surface area contributed by atoms with Crippen molar-refractivity contribution >= 4 is 11.1 Å². The van der Waals surface area contributed by atoms with Crippen molar-refractivity contribution in [3.63, 3.8) is 0 Å². The molecular formula is C8H10O3S. The first kappa shape index (κ1) is 9.22. The highest BCUT2D eigenvalue weighted by Gasteiger charge is 2.07. The molecule has 0 spiro atoms. The second-order valence-electron chi connectivity index (χ2n) is 2.65. The van der Waals surface area contributed by atoms with Gasteiger partial charge in [-0.15, -0.1) is 0 Å². The lowest BCUT2D eigenvalue weighted by atomic mass is 10.1. The molecule has 0 aliphatic heterocycles. The van der Waals surface area contributed by atoms with Crippen LogP contribution in [0, 0.1) is 13.8 Å². The third-order valence-corrected chi connectivity index (χ3v) is 2.50. The zero-order valence-corrected chi connectivity index (χ0v) is 7.68. The Morgan fingerprint density at radius 3 is 2.33 bits per heavy atom. The standard InChI is InChI=1S/C8H10O3S/c1-5-4-8(12(10)11)6(2)3-7(5)9/h3-4,9H,1-2H3,(H,10,11). The zero-order valence-electron chi connectivity index (χ0n) is 6.87. The number of rotatable bonds is 1. The lowest BCUT2D eigenvalue weighted by Gasteiger charge is -2.04. The van der Waals surface area contributed by atoms with Gasteiger partial charge in [0.15, 0.2) is 11.1 Å². The number of aromatic hydroxyl groups is 1. The molecule has 0 fully saturated rings. The van der Waals surface area contributed by atoms with Gasteiger partial charge in [0.2, 0.25) is 0 Å². The quantitative estimate of drug-likeness (QED) is 0.655. The summed E-state index contributed by atoms with van der Waals surface area (Å²) in [6.45, 7) is 3.37. The molecule has 0 saturated carbocycles. The van der Waals surface area contributed by atoms with Gasteiger partial charge in [-0.2, -0.15) is 0 Å². The van der Waals surface area contributed by atoms with Crippen LogP contribution in [0.4, 0.5) is 0 Å². The van der Waals surface area contributed by atoms with E-state index in [2.05, 4.69) is 0 Å². The summed E-state index contributed by atoms with van der Waals surface area (Å²) in [5.41, 5.74) is 1.23. The summed E-state index contributed by atoms with van der Waals surface area (Å²) in [6, 6.07) is 3.00. The summed E-state index contributed by atoms with van der Waals surface area (Å²) in [6.07, 6.45) is 0. The van der Waals surface area contributed by atoms with Gasteiger partial charge in [-0.05, 0) is 37.1 Å². The van der Waals surface area contributed by atoms with Gasteiger partial charge >= 0.3 is 0 Å². The average molecular weight is 186 g/mol. The third kappa shape index (κ3) is 1.65. The monoisotopic (exact) mass is 186 g/mol. The van der Waals surface area contributed by atoms with E-state index in [4.69, 9.17) is 4.55 Å². The van der Waals surface area contributed by atoms with Gasteiger partial charge in [0.25, 0.3) is 0 Å². The highest BCUT2D eigenvalue weighted by atomic mass is 32.2. The molecule has 1 atom stereocenters. The van der Waals surface area contributed by atoms with Crippen molar-refractivity contribution in [2.45, 2.75) is 18.7 Å². The van der Waals surface area contributed by atoms with Gasteiger partial charge < -0.3 is 9.66 Å². The minimum atomic E-state index is -1.97. The van der Waals surface area contributed by atoms with Gasteiger partial charge in [0, 0.05) is 0 Å². The molecule has 0 saturated heterocycles. The first-order valence-corrected chi connectivity index (χ1v) is 4.54. The van der Waals surface area contributed by atoms with Crippen LogP contribution in [0.2, 0.25) is 0 Å². The SMILES string of the molecule is Cc1cc(S(=O)O)c(C)cc1O. The van der Waals surface area contributed by atoms with Crippen molar-refractivity contribution in [1.82, 2.24) is 0 Å². The molecule has 0 aliphatic carbocycles. The fourth-order valence-corrected chi connectivity index (χ4v) is 1.57. The van der Waals surface area contributed by atoms with E-state index in [0.717, 1.165) is 0 Å². The maximum Gasteiger partial charge on any atom is 0.186 e. The predicted molar refractivity (Wildman–Crippen MR) is 46.6 cm³/mol. The Bertz CT molecular complexity index is 333. The van der Waals surface area contributed by atoms with Crippen molar-refractivity contribution in [3.8, 4) is 5.75 Å². The molecule has 0 bridgehead atoms. The van der Waals surface area contributed by atoms with E-state index in [-0.39, 0.29) is 5.75 Å². The first-order valence-electron chi connectivity index (χ1n) is 3.43. The number of hydrogen-bond donors (Lipinski definition) is 2. The largest absolute Gasteiger partial charge is 0.508 e. The molecule has 1 aromatic rings. The summed E-state index contributed by atoms with van der Waals surface area (Å²) in [7, 11) is 0. The van der Waals surface area contributed by atoms with Crippen LogP contribution < -0.4 is 0 Å². The maximum absolute atomic E-state index is 10.7. The van der Waals surface area contributed by atoms with Crippen LogP contribution >= 0.6 is 0 Å². The van der Waals surface area contributed by atoms with Crippen LogP contribution in [-0.2, 0) is 11.1 Å². The number of phenolic OH excluding ortho intramolecular Hbond substituents is 1. The molecule has 0 amide bonds. The highest BCUT2D eigenvalue weighted by molar-refractivity contribution is 7.79. The summed E-state index contributed by atoms with van der Waals surface area (Å²) >= 11 is -1.97. The lowest BCUT2D eigenvalue weighted by molar-refractivity contribution is 0.470. The first-order chi connectivity index (χ1) is 5.52. The number of aryl methyl sites for hydroxylation is 2. The molecule has 0 radical (unpaired) electrons. The summed E-state index contributed by atoms with van der Waals surface area (Å²) < 4.78 is 19.5. The zero-order chi connectivity index (χ0) is 9.30. The van der Waals surface area contributed by atoms with Gasteiger partial charge in [0.05, 0.1) is 4.90 Å². The summed E-state index contributed by atoms with van der Waals surface area (Å²) in [5, 5.41) is 9.23. The topological polar surface area (TPSA) is 57.5 Å². The van der Waals surface area contributed by atoms with E-state index in [1.165, 1.54) is 12.1 Å². The normalized spacial score (nSPS) is 12.9. The van der Waals surface area contributed by atoms with Crippen molar-refractivity contribution in [3.05, 3.63) is 23.3 Å². The second-order valence-corrected chi connectivity index (χ2v) is 3.59. The molecule has 0 aliphatic rings. The Morgan fingerprint density at radius 2 is 1.83 bits per heavy atom. The minimum absolute atomic E-state index is 0.154. The Kier molecular flexibility index (Phi) is 2.49. The average Bonchev–Trinajstić information content (AvgIpc) is 1.96. The summed E-state index contributed by atoms with van der Waals surface area (Å²) in [4.78, 5) is 0.352. The smallest absolute Gasteiger partial charge is 0.186 e. The van der Waals surface area contributed by atoms with Crippen LogP contribution in [0.3, 0.4) is 0 Å². The van der Waals surface area contributed by atoms with Gasteiger partial charge in [-0.1, -0.05) is 0 Å². The van der Waals surface area contributed by atoms with Crippen LogP contribution in [0.15, 0.2) is 17.0 Å². The molecule has 3 nitrogen and oxygen atoms in total. The molecule has 12 heavy (non-hydrogen) atoms. The van der Waals surface area contributed by atoms with Crippen molar-refractivity contribution in [2.24, 2.45) is 0 Å². The van der Waals surface area contributed by atoms with Crippen LogP contribution in [0.1, 0.15) is 11.1 Å².